The van der Waals surface area contributed by atoms with E-state index in [1.807, 2.05) is 29.2 Å². The Morgan fingerprint density at radius 3 is 2.91 bits per heavy atom. The molecule has 124 valence electrons. The van der Waals surface area contributed by atoms with Crippen LogP contribution in [0.15, 0.2) is 24.3 Å². The molecule has 2 N–H and O–H groups in total. The molecule has 0 aromatic heterocycles. The fourth-order valence-corrected chi connectivity index (χ4v) is 3.42. The van der Waals surface area contributed by atoms with Gasteiger partial charge in [0, 0.05) is 44.1 Å². The molecule has 2 saturated heterocycles. The van der Waals surface area contributed by atoms with E-state index in [4.69, 9.17) is 4.74 Å². The van der Waals surface area contributed by atoms with E-state index >= 15 is 0 Å². The van der Waals surface area contributed by atoms with Gasteiger partial charge in [0.05, 0.1) is 13.2 Å². The van der Waals surface area contributed by atoms with E-state index in [2.05, 4.69) is 10.6 Å². The van der Waals surface area contributed by atoms with E-state index in [1.165, 1.54) is 0 Å². The zero-order valence-corrected chi connectivity index (χ0v) is 13.4. The van der Waals surface area contributed by atoms with Gasteiger partial charge in [-0.3, -0.25) is 9.59 Å². The summed E-state index contributed by atoms with van der Waals surface area (Å²) in [5, 5.41) is 6.14. The van der Waals surface area contributed by atoms with Crippen LogP contribution in [0.3, 0.4) is 0 Å². The number of hydrogen-bond donors (Lipinski definition) is 2. The first-order chi connectivity index (χ1) is 11.2. The van der Waals surface area contributed by atoms with Gasteiger partial charge in [-0.15, -0.1) is 0 Å². The van der Waals surface area contributed by atoms with E-state index in [0.717, 1.165) is 17.9 Å². The summed E-state index contributed by atoms with van der Waals surface area (Å²) in [5.41, 5.74) is 1.01. The van der Waals surface area contributed by atoms with Crippen LogP contribution in [-0.2, 0) is 9.59 Å². The summed E-state index contributed by atoms with van der Waals surface area (Å²) in [6.45, 7) is 2.71. The summed E-state index contributed by atoms with van der Waals surface area (Å²) in [4.78, 5) is 26.5. The van der Waals surface area contributed by atoms with Gasteiger partial charge >= 0.3 is 0 Å². The molecule has 0 bridgehead atoms. The van der Waals surface area contributed by atoms with Gasteiger partial charge in [0.2, 0.25) is 11.8 Å². The topological polar surface area (TPSA) is 70.7 Å². The number of benzene rings is 1. The summed E-state index contributed by atoms with van der Waals surface area (Å²) in [7, 11) is 1.65. The van der Waals surface area contributed by atoms with Gasteiger partial charge in [-0.1, -0.05) is 18.2 Å². The lowest BCUT2D eigenvalue weighted by Gasteiger charge is -2.39. The Bertz CT molecular complexity index is 590. The number of amides is 2. The molecule has 2 heterocycles. The summed E-state index contributed by atoms with van der Waals surface area (Å²) in [5.74, 6) is 0.635. The van der Waals surface area contributed by atoms with Crippen molar-refractivity contribution in [3.8, 4) is 5.75 Å². The first-order valence-corrected chi connectivity index (χ1v) is 8.11. The largest absolute Gasteiger partial charge is 0.496 e. The molecule has 23 heavy (non-hydrogen) atoms. The molecule has 6 nitrogen and oxygen atoms in total. The van der Waals surface area contributed by atoms with Crippen molar-refractivity contribution in [3.63, 3.8) is 0 Å². The van der Waals surface area contributed by atoms with Crippen LogP contribution in [0, 0.1) is 5.92 Å². The summed E-state index contributed by atoms with van der Waals surface area (Å²) in [6.07, 6.45) is 1.01. The monoisotopic (exact) mass is 317 g/mol. The standard InChI is InChI=1S/C17H23N3O3/c1-23-15-5-3-2-4-13(15)14-11-18-8-9-20(14)17(22)12-6-7-19-16(21)10-12/h2-5,12,14,18H,6-11H2,1H3,(H,19,21). The molecule has 2 aliphatic heterocycles. The third-order valence-electron chi connectivity index (χ3n) is 4.62. The smallest absolute Gasteiger partial charge is 0.226 e. The van der Waals surface area contributed by atoms with E-state index in [0.29, 0.717) is 32.5 Å². The Morgan fingerprint density at radius 2 is 2.13 bits per heavy atom. The quantitative estimate of drug-likeness (QED) is 0.861. The maximum absolute atomic E-state index is 13.0. The number of rotatable bonds is 3. The Morgan fingerprint density at radius 1 is 1.30 bits per heavy atom. The van der Waals surface area contributed by atoms with Crippen LogP contribution in [0.5, 0.6) is 5.75 Å². The summed E-state index contributed by atoms with van der Waals surface area (Å²) in [6, 6.07) is 7.75. The van der Waals surface area contributed by atoms with Gasteiger partial charge in [-0.2, -0.15) is 0 Å². The highest BCUT2D eigenvalue weighted by Crippen LogP contribution is 2.32. The molecule has 2 unspecified atom stereocenters. The highest BCUT2D eigenvalue weighted by atomic mass is 16.5. The second-order valence-electron chi connectivity index (χ2n) is 6.03. The molecule has 6 heteroatoms. The third kappa shape index (κ3) is 3.32. The van der Waals surface area contributed by atoms with Crippen molar-refractivity contribution in [1.82, 2.24) is 15.5 Å². The van der Waals surface area contributed by atoms with Crippen molar-refractivity contribution in [2.75, 3.05) is 33.3 Å². The van der Waals surface area contributed by atoms with E-state index in [9.17, 15) is 9.59 Å². The van der Waals surface area contributed by atoms with Crippen molar-refractivity contribution in [2.45, 2.75) is 18.9 Å². The normalized spacial score (nSPS) is 24.9. The number of piperazine rings is 1. The lowest BCUT2D eigenvalue weighted by Crippen LogP contribution is -2.52. The van der Waals surface area contributed by atoms with Gasteiger partial charge in [-0.25, -0.2) is 0 Å². The molecular formula is C17H23N3O3. The highest BCUT2D eigenvalue weighted by Gasteiger charge is 2.35. The number of nitrogens with zero attached hydrogens (tertiary/aromatic N) is 1. The number of piperidine rings is 1. The number of ether oxygens (including phenoxy) is 1. The molecule has 0 spiro atoms. The lowest BCUT2D eigenvalue weighted by molar-refractivity contribution is -0.143. The van der Waals surface area contributed by atoms with Crippen molar-refractivity contribution in [3.05, 3.63) is 29.8 Å². The van der Waals surface area contributed by atoms with Crippen molar-refractivity contribution in [1.29, 1.82) is 0 Å². The first kappa shape index (κ1) is 15.8. The summed E-state index contributed by atoms with van der Waals surface area (Å²) < 4.78 is 5.46. The maximum atomic E-state index is 13.0. The molecule has 0 saturated carbocycles. The number of hydrogen-bond acceptors (Lipinski definition) is 4. The highest BCUT2D eigenvalue weighted by molar-refractivity contribution is 5.87. The second-order valence-corrected chi connectivity index (χ2v) is 6.03. The van der Waals surface area contributed by atoms with Crippen LogP contribution in [0.25, 0.3) is 0 Å². The van der Waals surface area contributed by atoms with Crippen molar-refractivity contribution < 1.29 is 14.3 Å². The molecular weight excluding hydrogens is 294 g/mol. The van der Waals surface area contributed by atoms with Gasteiger partial charge in [0.1, 0.15) is 5.75 Å². The zero-order chi connectivity index (χ0) is 16.2. The molecule has 2 fully saturated rings. The minimum Gasteiger partial charge on any atom is -0.496 e. The number of nitrogens with one attached hydrogen (secondary N) is 2. The predicted molar refractivity (Wildman–Crippen MR) is 86.1 cm³/mol. The molecule has 2 aliphatic rings. The van der Waals surface area contributed by atoms with E-state index in [1.54, 1.807) is 7.11 Å². The second kappa shape index (κ2) is 7.00. The molecule has 0 aliphatic carbocycles. The van der Waals surface area contributed by atoms with Crippen molar-refractivity contribution in [2.24, 2.45) is 5.92 Å². The number of methoxy groups -OCH3 is 1. The average Bonchev–Trinajstić information content (AvgIpc) is 2.61. The first-order valence-electron chi connectivity index (χ1n) is 8.11. The molecule has 2 atom stereocenters. The SMILES string of the molecule is COc1ccccc1C1CNCCN1C(=O)C1CCNC(=O)C1. The predicted octanol–water partition coefficient (Wildman–Crippen LogP) is 0.694. The average molecular weight is 317 g/mol. The molecule has 0 radical (unpaired) electrons. The van der Waals surface area contributed by atoms with Crippen LogP contribution < -0.4 is 15.4 Å². The van der Waals surface area contributed by atoms with Crippen LogP contribution in [-0.4, -0.2) is 50.0 Å². The Balaban J connectivity index is 1.83. The Hall–Kier alpha value is -2.08. The fourth-order valence-electron chi connectivity index (χ4n) is 3.42. The van der Waals surface area contributed by atoms with Gasteiger partial charge < -0.3 is 20.3 Å². The fraction of sp³-hybridized carbons (Fsp3) is 0.529. The minimum absolute atomic E-state index is 0.0291. The van der Waals surface area contributed by atoms with Crippen LogP contribution >= 0.6 is 0 Å². The lowest BCUT2D eigenvalue weighted by atomic mass is 9.93. The van der Waals surface area contributed by atoms with Crippen LogP contribution in [0.4, 0.5) is 0 Å². The van der Waals surface area contributed by atoms with Gasteiger partial charge in [-0.05, 0) is 12.5 Å². The van der Waals surface area contributed by atoms with E-state index in [-0.39, 0.29) is 23.8 Å². The third-order valence-corrected chi connectivity index (χ3v) is 4.62. The number of carbonyl (C=O) groups excluding carboxylic acids is 2. The molecule has 2 amide bonds. The Labute approximate surface area is 136 Å². The van der Waals surface area contributed by atoms with Gasteiger partial charge in [0.15, 0.2) is 0 Å². The summed E-state index contributed by atoms with van der Waals surface area (Å²) >= 11 is 0. The maximum Gasteiger partial charge on any atom is 0.226 e. The molecule has 3 rings (SSSR count). The van der Waals surface area contributed by atoms with Crippen LogP contribution in [0.1, 0.15) is 24.4 Å². The van der Waals surface area contributed by atoms with Crippen molar-refractivity contribution >= 4 is 11.8 Å². The number of carbonyl (C=O) groups is 2. The molecule has 1 aromatic carbocycles. The Kier molecular flexibility index (Phi) is 4.81. The number of para-hydroxylation sites is 1. The van der Waals surface area contributed by atoms with Gasteiger partial charge in [0.25, 0.3) is 0 Å². The van der Waals surface area contributed by atoms with Crippen LogP contribution in [0.2, 0.25) is 0 Å². The minimum atomic E-state index is -0.209. The molecule has 1 aromatic rings. The zero-order valence-electron chi connectivity index (χ0n) is 13.4. The van der Waals surface area contributed by atoms with E-state index < -0.39 is 0 Å².